The van der Waals surface area contributed by atoms with Crippen LogP contribution in [0.15, 0.2) is 22.7 Å². The molecule has 18 heavy (non-hydrogen) atoms. The van der Waals surface area contributed by atoms with Gasteiger partial charge < -0.3 is 5.32 Å². The predicted molar refractivity (Wildman–Crippen MR) is 81.1 cm³/mol. The fourth-order valence-corrected chi connectivity index (χ4v) is 3.13. The second-order valence-corrected chi connectivity index (χ2v) is 6.34. The van der Waals surface area contributed by atoms with Gasteiger partial charge in [0, 0.05) is 16.0 Å². The van der Waals surface area contributed by atoms with E-state index in [2.05, 4.69) is 32.2 Å². The van der Waals surface area contributed by atoms with Gasteiger partial charge >= 0.3 is 0 Å². The molecule has 0 amide bonds. The first kappa shape index (κ1) is 14.3. The van der Waals surface area contributed by atoms with E-state index in [1.807, 2.05) is 19.2 Å². The Labute approximate surface area is 123 Å². The Hall–Kier alpha value is -0.0900. The normalized spacial score (nSPS) is 18.2. The molecule has 1 N–H and O–H groups in total. The summed E-state index contributed by atoms with van der Waals surface area (Å²) in [7, 11) is 2.04. The third-order valence-corrected chi connectivity index (χ3v) is 4.46. The Bertz CT molecular complexity index is 389. The number of hydrogen-bond acceptors (Lipinski definition) is 2. The molecule has 1 fully saturated rings. The van der Waals surface area contributed by atoms with Crippen LogP contribution in [0.4, 0.5) is 0 Å². The molecule has 0 saturated carbocycles. The maximum absolute atomic E-state index is 6.24. The Morgan fingerprint density at radius 1 is 1.39 bits per heavy atom. The number of likely N-dealkylation sites (tertiary alicyclic amines) is 1. The Morgan fingerprint density at radius 2 is 2.11 bits per heavy atom. The summed E-state index contributed by atoms with van der Waals surface area (Å²) in [5.74, 6) is 0.837. The molecule has 1 aliphatic rings. The summed E-state index contributed by atoms with van der Waals surface area (Å²) in [5.41, 5.74) is 1.22. The van der Waals surface area contributed by atoms with Gasteiger partial charge in [0.25, 0.3) is 0 Å². The van der Waals surface area contributed by atoms with Crippen LogP contribution in [0.1, 0.15) is 18.4 Å². The van der Waals surface area contributed by atoms with Crippen molar-refractivity contribution >= 4 is 27.5 Å². The first-order chi connectivity index (χ1) is 8.69. The van der Waals surface area contributed by atoms with Crippen molar-refractivity contribution in [3.63, 3.8) is 0 Å². The van der Waals surface area contributed by atoms with E-state index in [4.69, 9.17) is 11.6 Å². The molecule has 0 radical (unpaired) electrons. The Kier molecular flexibility index (Phi) is 5.49. The van der Waals surface area contributed by atoms with Crippen LogP contribution in [0.5, 0.6) is 0 Å². The van der Waals surface area contributed by atoms with E-state index >= 15 is 0 Å². The lowest BCUT2D eigenvalue weighted by Crippen LogP contribution is -2.36. The van der Waals surface area contributed by atoms with E-state index in [0.717, 1.165) is 28.5 Å². The highest BCUT2D eigenvalue weighted by Crippen LogP contribution is 2.24. The molecule has 0 aromatic heterocycles. The van der Waals surface area contributed by atoms with Gasteiger partial charge in [0.05, 0.1) is 0 Å². The number of nitrogens with one attached hydrogen (secondary N) is 1. The predicted octanol–water partition coefficient (Wildman–Crippen LogP) is 3.53. The maximum Gasteiger partial charge on any atom is 0.0451 e. The number of benzene rings is 1. The Balaban J connectivity index is 1.89. The second-order valence-electron chi connectivity index (χ2n) is 5.01. The van der Waals surface area contributed by atoms with Gasteiger partial charge in [0.15, 0.2) is 0 Å². The highest BCUT2D eigenvalue weighted by Gasteiger charge is 2.19. The zero-order valence-electron chi connectivity index (χ0n) is 10.8. The third kappa shape index (κ3) is 3.95. The average Bonchev–Trinajstić information content (AvgIpc) is 2.37. The summed E-state index contributed by atoms with van der Waals surface area (Å²) in [5, 5.41) is 4.14. The van der Waals surface area contributed by atoms with Crippen molar-refractivity contribution in [3.05, 3.63) is 33.3 Å². The van der Waals surface area contributed by atoms with Crippen molar-refractivity contribution in [2.45, 2.75) is 19.4 Å². The minimum Gasteiger partial charge on any atom is -0.319 e. The molecule has 1 saturated heterocycles. The maximum atomic E-state index is 6.24. The first-order valence-electron chi connectivity index (χ1n) is 6.50. The lowest BCUT2D eigenvalue weighted by atomic mass is 9.96. The molecule has 0 bridgehead atoms. The summed E-state index contributed by atoms with van der Waals surface area (Å²) < 4.78 is 1.10. The molecular weight excluding hydrogens is 312 g/mol. The van der Waals surface area contributed by atoms with Gasteiger partial charge in [-0.2, -0.15) is 0 Å². The zero-order valence-corrected chi connectivity index (χ0v) is 13.1. The van der Waals surface area contributed by atoms with Crippen LogP contribution in [-0.4, -0.2) is 31.6 Å². The minimum atomic E-state index is 0.837. The molecule has 1 heterocycles. The van der Waals surface area contributed by atoms with Gasteiger partial charge in [-0.1, -0.05) is 27.5 Å². The number of piperidine rings is 1. The second kappa shape index (κ2) is 6.90. The number of rotatable bonds is 4. The standard InChI is InChI=1S/C14H20BrClN2/c1-17-9-11-4-6-18(7-5-11)10-12-8-13(15)2-3-14(12)16/h2-3,8,11,17H,4-7,9-10H2,1H3. The summed E-state index contributed by atoms with van der Waals surface area (Å²) in [4.78, 5) is 2.50. The van der Waals surface area contributed by atoms with Gasteiger partial charge in [-0.15, -0.1) is 0 Å². The molecule has 0 unspecified atom stereocenters. The fraction of sp³-hybridized carbons (Fsp3) is 0.571. The Morgan fingerprint density at radius 3 is 2.78 bits per heavy atom. The van der Waals surface area contributed by atoms with Gasteiger partial charge in [0.1, 0.15) is 0 Å². The van der Waals surface area contributed by atoms with Gasteiger partial charge in [0.2, 0.25) is 0 Å². The van der Waals surface area contributed by atoms with E-state index in [1.54, 1.807) is 0 Å². The van der Waals surface area contributed by atoms with Crippen molar-refractivity contribution in [2.75, 3.05) is 26.7 Å². The monoisotopic (exact) mass is 330 g/mol. The first-order valence-corrected chi connectivity index (χ1v) is 7.67. The van der Waals surface area contributed by atoms with Gasteiger partial charge in [-0.05, 0) is 69.2 Å². The molecule has 0 atom stereocenters. The minimum absolute atomic E-state index is 0.837. The number of nitrogens with zero attached hydrogens (tertiary/aromatic N) is 1. The zero-order chi connectivity index (χ0) is 13.0. The van der Waals surface area contributed by atoms with Crippen LogP contribution in [0.2, 0.25) is 5.02 Å². The molecule has 4 heteroatoms. The molecule has 100 valence electrons. The summed E-state index contributed by atoms with van der Waals surface area (Å²) >= 11 is 9.74. The smallest absolute Gasteiger partial charge is 0.0451 e. The quantitative estimate of drug-likeness (QED) is 0.908. The van der Waals surface area contributed by atoms with Crippen LogP contribution < -0.4 is 5.32 Å². The van der Waals surface area contributed by atoms with Crippen LogP contribution in [0, 0.1) is 5.92 Å². The topological polar surface area (TPSA) is 15.3 Å². The van der Waals surface area contributed by atoms with E-state index in [0.29, 0.717) is 0 Å². The van der Waals surface area contributed by atoms with Crippen LogP contribution in [0.3, 0.4) is 0 Å². The molecule has 0 spiro atoms. The van der Waals surface area contributed by atoms with Crippen molar-refractivity contribution in [2.24, 2.45) is 5.92 Å². The summed E-state index contributed by atoms with van der Waals surface area (Å²) in [6, 6.07) is 6.09. The van der Waals surface area contributed by atoms with Gasteiger partial charge in [-0.3, -0.25) is 4.90 Å². The van der Waals surface area contributed by atoms with Crippen LogP contribution >= 0.6 is 27.5 Å². The summed E-state index contributed by atoms with van der Waals surface area (Å²) in [6.45, 7) is 4.46. The number of halogens is 2. The van der Waals surface area contributed by atoms with E-state index in [9.17, 15) is 0 Å². The molecule has 2 nitrogen and oxygen atoms in total. The van der Waals surface area contributed by atoms with E-state index < -0.39 is 0 Å². The van der Waals surface area contributed by atoms with Crippen molar-refractivity contribution in [3.8, 4) is 0 Å². The van der Waals surface area contributed by atoms with Crippen molar-refractivity contribution < 1.29 is 0 Å². The number of hydrogen-bond donors (Lipinski definition) is 1. The molecule has 1 aromatic rings. The fourth-order valence-electron chi connectivity index (χ4n) is 2.54. The molecular formula is C14H20BrClN2. The molecule has 1 aliphatic heterocycles. The van der Waals surface area contributed by atoms with Crippen LogP contribution in [0.25, 0.3) is 0 Å². The highest BCUT2D eigenvalue weighted by molar-refractivity contribution is 9.10. The van der Waals surface area contributed by atoms with E-state index in [-0.39, 0.29) is 0 Å². The van der Waals surface area contributed by atoms with Crippen molar-refractivity contribution in [1.29, 1.82) is 0 Å². The molecule has 1 aromatic carbocycles. The van der Waals surface area contributed by atoms with Gasteiger partial charge in [-0.25, -0.2) is 0 Å². The SMILES string of the molecule is CNCC1CCN(Cc2cc(Br)ccc2Cl)CC1. The van der Waals surface area contributed by atoms with Crippen molar-refractivity contribution in [1.82, 2.24) is 10.2 Å². The summed E-state index contributed by atoms with van der Waals surface area (Å²) in [6.07, 6.45) is 2.57. The highest BCUT2D eigenvalue weighted by atomic mass is 79.9. The van der Waals surface area contributed by atoms with E-state index in [1.165, 1.54) is 31.5 Å². The molecule has 2 rings (SSSR count). The molecule has 0 aliphatic carbocycles. The lowest BCUT2D eigenvalue weighted by molar-refractivity contribution is 0.177. The average molecular weight is 332 g/mol. The third-order valence-electron chi connectivity index (χ3n) is 3.60. The lowest BCUT2D eigenvalue weighted by Gasteiger charge is -2.32. The van der Waals surface area contributed by atoms with Crippen LogP contribution in [-0.2, 0) is 6.54 Å². The largest absolute Gasteiger partial charge is 0.319 e.